The molecule has 0 radical (unpaired) electrons. The lowest BCUT2D eigenvalue weighted by Crippen LogP contribution is -2.42. The lowest BCUT2D eigenvalue weighted by molar-refractivity contribution is 0.192. The van der Waals surface area contributed by atoms with Crippen LogP contribution in [0, 0.1) is 11.8 Å². The molecule has 0 aromatic carbocycles. The van der Waals surface area contributed by atoms with Gasteiger partial charge in [-0.05, 0) is 70.5 Å². The molecule has 2 rings (SSSR count). The van der Waals surface area contributed by atoms with Gasteiger partial charge in [0.1, 0.15) is 0 Å². The van der Waals surface area contributed by atoms with Gasteiger partial charge in [0.15, 0.2) is 5.96 Å². The third-order valence-corrected chi connectivity index (χ3v) is 6.95. The number of piperidine rings is 1. The Morgan fingerprint density at radius 3 is 2.46 bits per heavy atom. The Kier molecular flexibility index (Phi) is 12.9. The molecule has 2 fully saturated rings. The molecule has 1 saturated carbocycles. The van der Waals surface area contributed by atoms with Crippen molar-refractivity contribution in [2.24, 2.45) is 16.8 Å². The SMILES string of the molecule is CCNC(=NCCCN1CCC(C)CC1)NCCS(=O)(=O)NCC1CCC1.I. The molecule has 0 aromatic rings. The Bertz CT molecular complexity index is 547. The number of likely N-dealkylation sites (tertiary alicyclic amines) is 1. The summed E-state index contributed by atoms with van der Waals surface area (Å²) in [5.41, 5.74) is 0. The topological polar surface area (TPSA) is 85.8 Å². The molecule has 1 aliphatic carbocycles. The van der Waals surface area contributed by atoms with E-state index in [2.05, 4.69) is 32.2 Å². The van der Waals surface area contributed by atoms with Gasteiger partial charge >= 0.3 is 0 Å². The molecule has 0 aromatic heterocycles. The molecular formula is C19H40IN5O2S. The van der Waals surface area contributed by atoms with E-state index in [9.17, 15) is 8.42 Å². The van der Waals surface area contributed by atoms with Gasteiger partial charge in [0.2, 0.25) is 10.0 Å². The average Bonchev–Trinajstić information content (AvgIpc) is 2.58. The van der Waals surface area contributed by atoms with E-state index in [1.54, 1.807) is 0 Å². The largest absolute Gasteiger partial charge is 0.357 e. The van der Waals surface area contributed by atoms with Crippen molar-refractivity contribution in [3.05, 3.63) is 0 Å². The highest BCUT2D eigenvalue weighted by Crippen LogP contribution is 2.25. The maximum atomic E-state index is 12.1. The van der Waals surface area contributed by atoms with Crippen LogP contribution < -0.4 is 15.4 Å². The maximum Gasteiger partial charge on any atom is 0.213 e. The summed E-state index contributed by atoms with van der Waals surface area (Å²) in [6.07, 6.45) is 7.16. The molecule has 0 spiro atoms. The minimum atomic E-state index is -3.21. The van der Waals surface area contributed by atoms with E-state index in [4.69, 9.17) is 0 Å². The van der Waals surface area contributed by atoms with Gasteiger partial charge in [0.25, 0.3) is 0 Å². The molecule has 3 N–H and O–H groups in total. The van der Waals surface area contributed by atoms with Crippen molar-refractivity contribution in [1.82, 2.24) is 20.3 Å². The number of guanidine groups is 1. The van der Waals surface area contributed by atoms with Crippen LogP contribution in [0.5, 0.6) is 0 Å². The average molecular weight is 530 g/mol. The first-order valence-corrected chi connectivity index (χ1v) is 12.4. The third-order valence-electron chi connectivity index (χ3n) is 5.60. The van der Waals surface area contributed by atoms with E-state index in [-0.39, 0.29) is 29.7 Å². The fourth-order valence-corrected chi connectivity index (χ4v) is 4.44. The van der Waals surface area contributed by atoms with Crippen molar-refractivity contribution in [2.75, 3.05) is 51.6 Å². The van der Waals surface area contributed by atoms with Gasteiger partial charge in [-0.25, -0.2) is 13.1 Å². The summed E-state index contributed by atoms with van der Waals surface area (Å²) in [5.74, 6) is 2.19. The Balaban J connectivity index is 0.00000392. The predicted molar refractivity (Wildman–Crippen MR) is 128 cm³/mol. The zero-order valence-corrected chi connectivity index (χ0v) is 20.7. The number of aliphatic imine (C=N–C) groups is 1. The molecular weight excluding hydrogens is 489 g/mol. The molecule has 7 nitrogen and oxygen atoms in total. The molecule has 0 amide bonds. The summed E-state index contributed by atoms with van der Waals surface area (Å²) in [6, 6.07) is 0. The lowest BCUT2D eigenvalue weighted by atomic mass is 9.86. The lowest BCUT2D eigenvalue weighted by Gasteiger charge is -2.29. The van der Waals surface area contributed by atoms with E-state index in [0.717, 1.165) is 44.8 Å². The Morgan fingerprint density at radius 1 is 1.14 bits per heavy atom. The van der Waals surface area contributed by atoms with E-state index < -0.39 is 10.0 Å². The standard InChI is InChI=1S/C19H39N5O2S.HI/c1-3-20-19(21-10-5-12-24-13-8-17(2)9-14-24)22-11-15-27(25,26)23-16-18-6-4-7-18;/h17-18,23H,3-16H2,1-2H3,(H2,20,21,22);1H. The predicted octanol–water partition coefficient (Wildman–Crippen LogP) is 2.00. The highest BCUT2D eigenvalue weighted by molar-refractivity contribution is 14.0. The van der Waals surface area contributed by atoms with Crippen LogP contribution in [0.15, 0.2) is 4.99 Å². The number of rotatable bonds is 11. The van der Waals surface area contributed by atoms with E-state index in [1.165, 1.54) is 32.4 Å². The number of hydrogen-bond acceptors (Lipinski definition) is 4. The Labute approximate surface area is 189 Å². The smallest absolute Gasteiger partial charge is 0.213 e. The van der Waals surface area contributed by atoms with E-state index in [0.29, 0.717) is 25.0 Å². The fraction of sp³-hybridized carbons (Fsp3) is 0.947. The van der Waals surface area contributed by atoms with Crippen LogP contribution in [0.1, 0.15) is 52.4 Å². The summed E-state index contributed by atoms with van der Waals surface area (Å²) < 4.78 is 26.8. The second-order valence-corrected chi connectivity index (χ2v) is 9.96. The number of halogens is 1. The monoisotopic (exact) mass is 529 g/mol. The first-order valence-electron chi connectivity index (χ1n) is 10.7. The van der Waals surface area contributed by atoms with Gasteiger partial charge in [0.05, 0.1) is 5.75 Å². The minimum Gasteiger partial charge on any atom is -0.357 e. The molecule has 0 unspecified atom stereocenters. The van der Waals surface area contributed by atoms with Gasteiger partial charge in [-0.3, -0.25) is 4.99 Å². The van der Waals surface area contributed by atoms with Crippen LogP contribution in [0.4, 0.5) is 0 Å². The summed E-state index contributed by atoms with van der Waals surface area (Å²) in [7, 11) is -3.21. The van der Waals surface area contributed by atoms with E-state index in [1.807, 2.05) is 6.92 Å². The molecule has 28 heavy (non-hydrogen) atoms. The van der Waals surface area contributed by atoms with Crippen molar-refractivity contribution in [3.8, 4) is 0 Å². The van der Waals surface area contributed by atoms with Gasteiger partial charge in [-0.15, -0.1) is 24.0 Å². The maximum absolute atomic E-state index is 12.1. The minimum absolute atomic E-state index is 0. The van der Waals surface area contributed by atoms with Crippen molar-refractivity contribution >= 4 is 40.0 Å². The number of hydrogen-bond donors (Lipinski definition) is 3. The van der Waals surface area contributed by atoms with Crippen LogP contribution in [-0.4, -0.2) is 70.8 Å². The van der Waals surface area contributed by atoms with Gasteiger partial charge < -0.3 is 15.5 Å². The quantitative estimate of drug-likeness (QED) is 0.165. The fourth-order valence-electron chi connectivity index (χ4n) is 3.43. The van der Waals surface area contributed by atoms with Crippen molar-refractivity contribution in [2.45, 2.75) is 52.4 Å². The van der Waals surface area contributed by atoms with Gasteiger partial charge in [-0.1, -0.05) is 13.3 Å². The van der Waals surface area contributed by atoms with Gasteiger partial charge in [0, 0.05) is 26.2 Å². The highest BCUT2D eigenvalue weighted by atomic mass is 127. The Hall–Kier alpha value is -0.130. The van der Waals surface area contributed by atoms with Crippen LogP contribution in [0.2, 0.25) is 0 Å². The molecule has 1 aliphatic heterocycles. The van der Waals surface area contributed by atoms with E-state index >= 15 is 0 Å². The van der Waals surface area contributed by atoms with Crippen molar-refractivity contribution in [1.29, 1.82) is 0 Å². The third kappa shape index (κ3) is 10.6. The first-order chi connectivity index (χ1) is 13.0. The highest BCUT2D eigenvalue weighted by Gasteiger charge is 2.20. The summed E-state index contributed by atoms with van der Waals surface area (Å²) >= 11 is 0. The molecule has 2 aliphatic rings. The van der Waals surface area contributed by atoms with Crippen LogP contribution in [0.25, 0.3) is 0 Å². The van der Waals surface area contributed by atoms with Crippen LogP contribution in [0.3, 0.4) is 0 Å². The van der Waals surface area contributed by atoms with Crippen molar-refractivity contribution < 1.29 is 8.42 Å². The van der Waals surface area contributed by atoms with Crippen molar-refractivity contribution in [3.63, 3.8) is 0 Å². The van der Waals surface area contributed by atoms with Crippen LogP contribution in [-0.2, 0) is 10.0 Å². The second-order valence-electron chi connectivity index (χ2n) is 8.03. The summed E-state index contributed by atoms with van der Waals surface area (Å²) in [6.45, 7) is 10.3. The second kappa shape index (κ2) is 14.0. The van der Waals surface area contributed by atoms with Gasteiger partial charge in [-0.2, -0.15) is 0 Å². The zero-order chi connectivity index (χ0) is 19.5. The number of sulfonamides is 1. The molecule has 0 bridgehead atoms. The molecule has 166 valence electrons. The Morgan fingerprint density at radius 2 is 1.86 bits per heavy atom. The summed E-state index contributed by atoms with van der Waals surface area (Å²) in [4.78, 5) is 7.11. The molecule has 1 saturated heterocycles. The number of nitrogens with one attached hydrogen (secondary N) is 3. The molecule has 0 atom stereocenters. The normalized spacial score (nSPS) is 19.7. The molecule has 1 heterocycles. The molecule has 9 heteroatoms. The zero-order valence-electron chi connectivity index (χ0n) is 17.6. The first kappa shape index (κ1) is 25.9. The van der Waals surface area contributed by atoms with Crippen LogP contribution >= 0.6 is 24.0 Å². The summed E-state index contributed by atoms with van der Waals surface area (Å²) in [5, 5.41) is 6.33. The number of nitrogens with zero attached hydrogens (tertiary/aromatic N) is 2.